The Kier molecular flexibility index (Phi) is 6.12. The predicted molar refractivity (Wildman–Crippen MR) is 106 cm³/mol. The summed E-state index contributed by atoms with van der Waals surface area (Å²) >= 11 is 0. The van der Waals surface area contributed by atoms with Gasteiger partial charge in [0.15, 0.2) is 0 Å². The molecule has 3 rings (SSSR count). The number of carbonyl (C=O) groups excluding carboxylic acids is 2. The number of benzene rings is 2. The van der Waals surface area contributed by atoms with Crippen molar-refractivity contribution >= 4 is 17.5 Å². The van der Waals surface area contributed by atoms with Crippen molar-refractivity contribution in [3.8, 4) is 5.75 Å². The van der Waals surface area contributed by atoms with E-state index >= 15 is 0 Å². The summed E-state index contributed by atoms with van der Waals surface area (Å²) in [5.74, 6) is 0.625. The molecule has 1 N–H and O–H groups in total. The lowest BCUT2D eigenvalue weighted by Gasteiger charge is -2.31. The highest BCUT2D eigenvalue weighted by Gasteiger charge is 2.28. The molecule has 0 aromatic heterocycles. The quantitative estimate of drug-likeness (QED) is 0.873. The lowest BCUT2D eigenvalue weighted by molar-refractivity contribution is -0.121. The number of amides is 2. The summed E-state index contributed by atoms with van der Waals surface area (Å²) in [7, 11) is 0. The van der Waals surface area contributed by atoms with E-state index in [0.717, 1.165) is 11.1 Å². The molecule has 27 heavy (non-hydrogen) atoms. The fraction of sp³-hybridized carbons (Fsp3) is 0.364. The van der Waals surface area contributed by atoms with E-state index in [-0.39, 0.29) is 17.7 Å². The SMILES string of the molecule is CCOc1ccccc1NC(=O)C1CCN(C(=O)c2ccccc2C)CC1. The molecule has 1 aliphatic rings. The number of hydrogen-bond acceptors (Lipinski definition) is 3. The molecule has 0 bridgehead atoms. The zero-order chi connectivity index (χ0) is 19.2. The first kappa shape index (κ1) is 19.0. The van der Waals surface area contributed by atoms with E-state index in [1.807, 2.05) is 67.3 Å². The number of aryl methyl sites for hydroxylation is 1. The molecular formula is C22H26N2O3. The number of rotatable bonds is 5. The molecule has 5 heteroatoms. The van der Waals surface area contributed by atoms with Crippen molar-refractivity contribution in [1.82, 2.24) is 4.90 Å². The Bertz CT molecular complexity index is 811. The highest BCUT2D eigenvalue weighted by molar-refractivity contribution is 5.96. The van der Waals surface area contributed by atoms with Crippen molar-refractivity contribution in [1.29, 1.82) is 0 Å². The van der Waals surface area contributed by atoms with Gasteiger partial charge in [-0.1, -0.05) is 30.3 Å². The van der Waals surface area contributed by atoms with Gasteiger partial charge in [0, 0.05) is 24.6 Å². The second-order valence-corrected chi connectivity index (χ2v) is 6.80. The van der Waals surface area contributed by atoms with Crippen molar-refractivity contribution in [2.45, 2.75) is 26.7 Å². The van der Waals surface area contributed by atoms with Crippen LogP contribution in [0, 0.1) is 12.8 Å². The standard InChI is InChI=1S/C22H26N2O3/c1-3-27-20-11-7-6-10-19(20)23-21(25)17-12-14-24(15-13-17)22(26)18-9-5-4-8-16(18)2/h4-11,17H,3,12-15H2,1-2H3,(H,23,25). The van der Waals surface area contributed by atoms with Gasteiger partial charge < -0.3 is 15.0 Å². The zero-order valence-corrected chi connectivity index (χ0v) is 15.9. The molecule has 0 spiro atoms. The number of nitrogens with one attached hydrogen (secondary N) is 1. The molecule has 0 atom stereocenters. The van der Waals surface area contributed by atoms with Gasteiger partial charge in [-0.15, -0.1) is 0 Å². The molecule has 142 valence electrons. The summed E-state index contributed by atoms with van der Waals surface area (Å²) in [4.78, 5) is 27.2. The smallest absolute Gasteiger partial charge is 0.254 e. The van der Waals surface area contributed by atoms with Crippen LogP contribution in [0.4, 0.5) is 5.69 Å². The van der Waals surface area contributed by atoms with Gasteiger partial charge in [-0.25, -0.2) is 0 Å². The summed E-state index contributed by atoms with van der Waals surface area (Å²) in [5, 5.41) is 2.98. The summed E-state index contributed by atoms with van der Waals surface area (Å²) in [6, 6.07) is 15.1. The van der Waals surface area contributed by atoms with Crippen molar-refractivity contribution < 1.29 is 14.3 Å². The normalized spacial score (nSPS) is 14.7. The molecule has 5 nitrogen and oxygen atoms in total. The monoisotopic (exact) mass is 366 g/mol. The van der Waals surface area contributed by atoms with Crippen molar-refractivity contribution in [3.05, 3.63) is 59.7 Å². The molecular weight excluding hydrogens is 340 g/mol. The predicted octanol–water partition coefficient (Wildman–Crippen LogP) is 3.88. The number of likely N-dealkylation sites (tertiary alicyclic amines) is 1. The van der Waals surface area contributed by atoms with Crippen LogP contribution in [0.3, 0.4) is 0 Å². The Morgan fingerprint density at radius 2 is 1.74 bits per heavy atom. The molecule has 0 unspecified atom stereocenters. The number of anilines is 1. The molecule has 1 fully saturated rings. The maximum Gasteiger partial charge on any atom is 0.254 e. The van der Waals surface area contributed by atoms with Gasteiger partial charge in [-0.05, 0) is 50.5 Å². The third-order valence-electron chi connectivity index (χ3n) is 4.97. The van der Waals surface area contributed by atoms with E-state index in [4.69, 9.17) is 4.74 Å². The molecule has 1 saturated heterocycles. The van der Waals surface area contributed by atoms with Crippen molar-refractivity contribution in [2.75, 3.05) is 25.0 Å². The Labute approximate surface area is 160 Å². The van der Waals surface area contributed by atoms with Gasteiger partial charge in [0.1, 0.15) is 5.75 Å². The molecule has 2 aromatic carbocycles. The van der Waals surface area contributed by atoms with Crippen LogP contribution in [0.25, 0.3) is 0 Å². The molecule has 0 aliphatic carbocycles. The molecule has 1 heterocycles. The third kappa shape index (κ3) is 4.48. The van der Waals surface area contributed by atoms with Crippen LogP contribution < -0.4 is 10.1 Å². The zero-order valence-electron chi connectivity index (χ0n) is 15.9. The van der Waals surface area contributed by atoms with Crippen LogP contribution in [-0.2, 0) is 4.79 Å². The van der Waals surface area contributed by atoms with E-state index in [2.05, 4.69) is 5.32 Å². The van der Waals surface area contributed by atoms with Gasteiger partial charge in [0.25, 0.3) is 5.91 Å². The minimum atomic E-state index is -0.0967. The van der Waals surface area contributed by atoms with Crippen molar-refractivity contribution in [3.63, 3.8) is 0 Å². The fourth-order valence-electron chi connectivity index (χ4n) is 3.41. The lowest BCUT2D eigenvalue weighted by Crippen LogP contribution is -2.41. The first-order valence-corrected chi connectivity index (χ1v) is 9.47. The highest BCUT2D eigenvalue weighted by Crippen LogP contribution is 2.26. The average molecular weight is 366 g/mol. The van der Waals surface area contributed by atoms with E-state index in [9.17, 15) is 9.59 Å². The molecule has 1 aliphatic heterocycles. The number of para-hydroxylation sites is 2. The summed E-state index contributed by atoms with van der Waals surface area (Å²) < 4.78 is 5.57. The van der Waals surface area contributed by atoms with Gasteiger partial charge in [-0.2, -0.15) is 0 Å². The summed E-state index contributed by atoms with van der Waals surface area (Å²) in [6.07, 6.45) is 1.33. The summed E-state index contributed by atoms with van der Waals surface area (Å²) in [5.41, 5.74) is 2.42. The van der Waals surface area contributed by atoms with Crippen LogP contribution in [0.2, 0.25) is 0 Å². The second kappa shape index (κ2) is 8.71. The Balaban J connectivity index is 1.58. The molecule has 2 amide bonds. The highest BCUT2D eigenvalue weighted by atomic mass is 16.5. The number of carbonyl (C=O) groups is 2. The van der Waals surface area contributed by atoms with E-state index in [1.54, 1.807) is 0 Å². The minimum absolute atomic E-state index is 0.00913. The maximum atomic E-state index is 12.7. The van der Waals surface area contributed by atoms with Crippen LogP contribution in [0.15, 0.2) is 48.5 Å². The number of nitrogens with zero attached hydrogens (tertiary/aromatic N) is 1. The first-order valence-electron chi connectivity index (χ1n) is 9.47. The largest absolute Gasteiger partial charge is 0.492 e. The Hall–Kier alpha value is -2.82. The Morgan fingerprint density at radius 3 is 2.44 bits per heavy atom. The van der Waals surface area contributed by atoms with Crippen LogP contribution in [0.5, 0.6) is 5.75 Å². The van der Waals surface area contributed by atoms with Crippen LogP contribution in [0.1, 0.15) is 35.7 Å². The number of hydrogen-bond donors (Lipinski definition) is 1. The number of piperidine rings is 1. The molecule has 0 radical (unpaired) electrons. The van der Waals surface area contributed by atoms with Crippen molar-refractivity contribution in [2.24, 2.45) is 5.92 Å². The van der Waals surface area contributed by atoms with Crippen LogP contribution >= 0.6 is 0 Å². The second-order valence-electron chi connectivity index (χ2n) is 6.80. The third-order valence-corrected chi connectivity index (χ3v) is 4.97. The maximum absolute atomic E-state index is 12.7. The van der Waals surface area contributed by atoms with Gasteiger partial charge >= 0.3 is 0 Å². The average Bonchev–Trinajstić information content (AvgIpc) is 2.69. The lowest BCUT2D eigenvalue weighted by atomic mass is 9.95. The molecule has 0 saturated carbocycles. The first-order chi connectivity index (χ1) is 13.1. The van der Waals surface area contributed by atoms with E-state index in [0.29, 0.717) is 44.0 Å². The fourth-order valence-corrected chi connectivity index (χ4v) is 3.41. The van der Waals surface area contributed by atoms with Gasteiger partial charge in [-0.3, -0.25) is 9.59 Å². The van der Waals surface area contributed by atoms with Crippen LogP contribution in [-0.4, -0.2) is 36.4 Å². The van der Waals surface area contributed by atoms with Gasteiger partial charge in [0.05, 0.1) is 12.3 Å². The number of ether oxygens (including phenoxy) is 1. The van der Waals surface area contributed by atoms with Gasteiger partial charge in [0.2, 0.25) is 5.91 Å². The summed E-state index contributed by atoms with van der Waals surface area (Å²) in [6.45, 7) is 5.60. The Morgan fingerprint density at radius 1 is 1.07 bits per heavy atom. The minimum Gasteiger partial charge on any atom is -0.492 e. The van der Waals surface area contributed by atoms with E-state index < -0.39 is 0 Å². The topological polar surface area (TPSA) is 58.6 Å². The molecule has 2 aromatic rings. The van der Waals surface area contributed by atoms with E-state index in [1.165, 1.54) is 0 Å².